The Hall–Kier alpha value is -1.89. The van der Waals surface area contributed by atoms with Gasteiger partial charge in [0, 0.05) is 11.4 Å². The first-order valence-corrected chi connectivity index (χ1v) is 8.09. The number of amides is 1. The predicted molar refractivity (Wildman–Crippen MR) is 80.8 cm³/mol. The number of piperidine rings is 1. The van der Waals surface area contributed by atoms with E-state index >= 15 is 0 Å². The number of carboxylic acid groups (broad SMARTS) is 1. The molecule has 6 nitrogen and oxygen atoms in total. The lowest BCUT2D eigenvalue weighted by Crippen LogP contribution is -2.45. The molecule has 2 atom stereocenters. The summed E-state index contributed by atoms with van der Waals surface area (Å²) in [6.45, 7) is 2.53. The summed E-state index contributed by atoms with van der Waals surface area (Å²) in [4.78, 5) is 35.7. The summed E-state index contributed by atoms with van der Waals surface area (Å²) in [5.41, 5.74) is 0. The Kier molecular flexibility index (Phi) is 5.54. The Balaban J connectivity index is 1.88. The number of ether oxygens (including phenoxy) is 1. The van der Waals surface area contributed by atoms with Crippen molar-refractivity contribution in [3.8, 4) is 0 Å². The molecule has 0 radical (unpaired) electrons. The van der Waals surface area contributed by atoms with E-state index in [1.807, 2.05) is 6.07 Å². The molecule has 0 saturated carbocycles. The van der Waals surface area contributed by atoms with Gasteiger partial charge in [-0.05, 0) is 44.2 Å². The summed E-state index contributed by atoms with van der Waals surface area (Å²) in [6.07, 6.45) is 2.03. The molecular weight excluding hydrogens is 306 g/mol. The van der Waals surface area contributed by atoms with Crippen LogP contribution in [-0.4, -0.2) is 36.1 Å². The molecule has 1 aliphatic heterocycles. The van der Waals surface area contributed by atoms with E-state index in [0.29, 0.717) is 17.8 Å². The lowest BCUT2D eigenvalue weighted by atomic mass is 9.87. The second-order valence-electron chi connectivity index (χ2n) is 5.26. The third-order valence-corrected chi connectivity index (χ3v) is 4.83. The van der Waals surface area contributed by atoms with Gasteiger partial charge in [0.25, 0.3) is 0 Å². The highest BCUT2D eigenvalue weighted by Crippen LogP contribution is 2.25. The SMILES string of the molecule is CCOC(=O)C1C[C@@H](CCc2ccc(C(=O)O)s2)CNC1=O. The summed E-state index contributed by atoms with van der Waals surface area (Å²) < 4.78 is 4.93. The van der Waals surface area contributed by atoms with Crippen molar-refractivity contribution in [3.63, 3.8) is 0 Å². The largest absolute Gasteiger partial charge is 0.477 e. The molecule has 0 bridgehead atoms. The van der Waals surface area contributed by atoms with E-state index < -0.39 is 17.9 Å². The van der Waals surface area contributed by atoms with Crippen LogP contribution in [0.5, 0.6) is 0 Å². The molecule has 0 aliphatic carbocycles. The molecule has 0 spiro atoms. The van der Waals surface area contributed by atoms with Crippen molar-refractivity contribution in [1.29, 1.82) is 0 Å². The number of nitrogens with one attached hydrogen (secondary N) is 1. The van der Waals surface area contributed by atoms with E-state index in [4.69, 9.17) is 9.84 Å². The lowest BCUT2D eigenvalue weighted by molar-refractivity contribution is -0.154. The van der Waals surface area contributed by atoms with Crippen molar-refractivity contribution in [1.82, 2.24) is 5.32 Å². The average Bonchev–Trinajstić information content (AvgIpc) is 2.96. The first-order chi connectivity index (χ1) is 10.5. The van der Waals surface area contributed by atoms with E-state index in [1.54, 1.807) is 13.0 Å². The molecule has 120 valence electrons. The summed E-state index contributed by atoms with van der Waals surface area (Å²) >= 11 is 1.27. The maximum Gasteiger partial charge on any atom is 0.345 e. The number of carbonyl (C=O) groups is 3. The Morgan fingerprint density at radius 1 is 1.45 bits per heavy atom. The van der Waals surface area contributed by atoms with Crippen molar-refractivity contribution in [2.24, 2.45) is 11.8 Å². The maximum atomic E-state index is 11.8. The zero-order valence-corrected chi connectivity index (χ0v) is 13.1. The van der Waals surface area contributed by atoms with Gasteiger partial charge in [-0.3, -0.25) is 9.59 Å². The molecular formula is C15H19NO5S. The van der Waals surface area contributed by atoms with Crippen LogP contribution in [0.4, 0.5) is 0 Å². The minimum absolute atomic E-state index is 0.197. The van der Waals surface area contributed by atoms with Gasteiger partial charge in [-0.2, -0.15) is 0 Å². The number of rotatable bonds is 6. The van der Waals surface area contributed by atoms with Crippen molar-refractivity contribution < 1.29 is 24.2 Å². The maximum absolute atomic E-state index is 11.8. The van der Waals surface area contributed by atoms with E-state index in [0.717, 1.165) is 17.7 Å². The predicted octanol–water partition coefficient (Wildman–Crippen LogP) is 1.69. The molecule has 1 fully saturated rings. The van der Waals surface area contributed by atoms with Crippen molar-refractivity contribution >= 4 is 29.2 Å². The Morgan fingerprint density at radius 2 is 2.23 bits per heavy atom. The fourth-order valence-corrected chi connectivity index (χ4v) is 3.39. The second-order valence-corrected chi connectivity index (χ2v) is 6.43. The highest BCUT2D eigenvalue weighted by Gasteiger charge is 2.34. The fraction of sp³-hybridized carbons (Fsp3) is 0.533. The van der Waals surface area contributed by atoms with Gasteiger partial charge in [-0.25, -0.2) is 4.79 Å². The van der Waals surface area contributed by atoms with Gasteiger partial charge in [-0.15, -0.1) is 11.3 Å². The zero-order chi connectivity index (χ0) is 16.1. The van der Waals surface area contributed by atoms with Crippen LogP contribution in [-0.2, 0) is 20.7 Å². The minimum Gasteiger partial charge on any atom is -0.477 e. The number of thiophene rings is 1. The molecule has 1 unspecified atom stereocenters. The number of esters is 1. The Morgan fingerprint density at radius 3 is 2.86 bits per heavy atom. The molecule has 2 N–H and O–H groups in total. The van der Waals surface area contributed by atoms with Crippen LogP contribution < -0.4 is 5.32 Å². The number of aryl methyl sites for hydroxylation is 1. The second kappa shape index (κ2) is 7.40. The minimum atomic E-state index is -0.913. The topological polar surface area (TPSA) is 92.7 Å². The Bertz CT molecular complexity index is 568. The molecule has 1 aromatic heterocycles. The van der Waals surface area contributed by atoms with Crippen LogP contribution in [0.1, 0.15) is 34.3 Å². The number of aromatic carboxylic acids is 1. The first-order valence-electron chi connectivity index (χ1n) is 7.27. The number of carbonyl (C=O) groups excluding carboxylic acids is 2. The number of hydrogen-bond donors (Lipinski definition) is 2. The zero-order valence-electron chi connectivity index (χ0n) is 12.3. The lowest BCUT2D eigenvalue weighted by Gasteiger charge is -2.27. The van der Waals surface area contributed by atoms with Crippen LogP contribution in [0.15, 0.2) is 12.1 Å². The molecule has 7 heteroatoms. The van der Waals surface area contributed by atoms with Gasteiger partial charge in [0.15, 0.2) is 0 Å². The summed E-state index contributed by atoms with van der Waals surface area (Å²) in [5, 5.41) is 11.7. The van der Waals surface area contributed by atoms with Gasteiger partial charge in [-0.1, -0.05) is 0 Å². The van der Waals surface area contributed by atoms with Gasteiger partial charge in [0.2, 0.25) is 5.91 Å². The standard InChI is InChI=1S/C15H19NO5S/c1-2-21-15(20)11-7-9(8-16-13(11)17)3-4-10-5-6-12(22-10)14(18)19/h5-6,9,11H,2-4,7-8H2,1H3,(H,16,17)(H,18,19)/t9-,11?/m1/s1. The van der Waals surface area contributed by atoms with Gasteiger partial charge < -0.3 is 15.2 Å². The average molecular weight is 325 g/mol. The van der Waals surface area contributed by atoms with Gasteiger partial charge in [0.05, 0.1) is 6.61 Å². The van der Waals surface area contributed by atoms with E-state index in [-0.39, 0.29) is 18.4 Å². The summed E-state index contributed by atoms with van der Waals surface area (Å²) in [5.74, 6) is -2.17. The normalized spacial score (nSPS) is 21.2. The van der Waals surface area contributed by atoms with Crippen molar-refractivity contribution in [2.75, 3.05) is 13.2 Å². The summed E-state index contributed by atoms with van der Waals surface area (Å²) in [6, 6.07) is 3.42. The summed E-state index contributed by atoms with van der Waals surface area (Å²) in [7, 11) is 0. The van der Waals surface area contributed by atoms with Crippen molar-refractivity contribution in [2.45, 2.75) is 26.2 Å². The molecule has 1 saturated heterocycles. The highest BCUT2D eigenvalue weighted by molar-refractivity contribution is 7.13. The Labute approximate surface area is 132 Å². The third kappa shape index (κ3) is 4.07. The monoisotopic (exact) mass is 325 g/mol. The molecule has 2 heterocycles. The van der Waals surface area contributed by atoms with E-state index in [9.17, 15) is 14.4 Å². The van der Waals surface area contributed by atoms with Crippen LogP contribution >= 0.6 is 11.3 Å². The highest BCUT2D eigenvalue weighted by atomic mass is 32.1. The smallest absolute Gasteiger partial charge is 0.345 e. The van der Waals surface area contributed by atoms with Crippen LogP contribution in [0, 0.1) is 11.8 Å². The van der Waals surface area contributed by atoms with Gasteiger partial charge in [0.1, 0.15) is 10.8 Å². The van der Waals surface area contributed by atoms with Gasteiger partial charge >= 0.3 is 11.9 Å². The number of carboxylic acids is 1. The van der Waals surface area contributed by atoms with E-state index in [1.165, 1.54) is 11.3 Å². The molecule has 2 rings (SSSR count). The van der Waals surface area contributed by atoms with Crippen LogP contribution in [0.25, 0.3) is 0 Å². The first kappa shape index (κ1) is 16.5. The molecule has 0 aromatic carbocycles. The van der Waals surface area contributed by atoms with Crippen molar-refractivity contribution in [3.05, 3.63) is 21.9 Å². The quantitative estimate of drug-likeness (QED) is 0.613. The molecule has 1 aromatic rings. The fourth-order valence-electron chi connectivity index (χ4n) is 2.53. The molecule has 1 aliphatic rings. The third-order valence-electron chi connectivity index (χ3n) is 3.69. The van der Waals surface area contributed by atoms with E-state index in [2.05, 4.69) is 5.32 Å². The van der Waals surface area contributed by atoms with Crippen LogP contribution in [0.3, 0.4) is 0 Å². The van der Waals surface area contributed by atoms with Crippen LogP contribution in [0.2, 0.25) is 0 Å². The number of hydrogen-bond acceptors (Lipinski definition) is 5. The molecule has 1 amide bonds. The molecule has 22 heavy (non-hydrogen) atoms.